The fourth-order valence-electron chi connectivity index (χ4n) is 0.460. The lowest BCUT2D eigenvalue weighted by atomic mass is 10.4. The van der Waals surface area contributed by atoms with Gasteiger partial charge in [0.15, 0.2) is 0 Å². The third-order valence-electron chi connectivity index (χ3n) is 0.896. The van der Waals surface area contributed by atoms with Crippen LogP contribution in [-0.2, 0) is 0 Å². The largest absolute Gasteiger partial charge is 0.260 e. The quantitative estimate of drug-likeness (QED) is 0.568. The van der Waals surface area contributed by atoms with Crippen LogP contribution in [0.3, 0.4) is 0 Å². The molecule has 0 unspecified atom stereocenters. The van der Waals surface area contributed by atoms with Crippen molar-refractivity contribution in [2.75, 3.05) is 0 Å². The molecule has 0 amide bonds. The van der Waals surface area contributed by atoms with Gasteiger partial charge < -0.3 is 0 Å². The molecule has 0 aliphatic heterocycles. The van der Waals surface area contributed by atoms with E-state index in [4.69, 9.17) is 0 Å². The Bertz CT molecular complexity index is 148. The van der Waals surface area contributed by atoms with Crippen molar-refractivity contribution in [1.29, 1.82) is 0 Å². The zero-order chi connectivity index (χ0) is 7.98. The number of aromatic nitrogens is 1. The highest BCUT2D eigenvalue weighted by atomic mass is 32.1. The minimum atomic E-state index is 0.913. The number of hydrogen-bond acceptors (Lipinski definition) is 2. The van der Waals surface area contributed by atoms with Crippen molar-refractivity contribution in [3.8, 4) is 0 Å². The van der Waals surface area contributed by atoms with Gasteiger partial charge in [-0.25, -0.2) is 0 Å². The number of hydrogen-bond donors (Lipinski definition) is 1. The summed E-state index contributed by atoms with van der Waals surface area (Å²) in [5.41, 5.74) is 1.03. The van der Waals surface area contributed by atoms with Crippen LogP contribution in [0.4, 0.5) is 0 Å². The maximum Gasteiger partial charge on any atom is 0.0404 e. The van der Waals surface area contributed by atoms with E-state index in [1.807, 2.05) is 32.9 Å². The molecular formula is C8H13NS. The van der Waals surface area contributed by atoms with Gasteiger partial charge in [-0.3, -0.25) is 4.98 Å². The first-order valence-corrected chi connectivity index (χ1v) is 3.85. The Kier molecular flexibility index (Phi) is 5.03. The Morgan fingerprint density at radius 2 is 1.90 bits per heavy atom. The molecule has 0 N–H and O–H groups in total. The molecule has 56 valence electrons. The maximum absolute atomic E-state index is 4.07. The first kappa shape index (κ1) is 9.50. The van der Waals surface area contributed by atoms with Crippen molar-refractivity contribution < 1.29 is 0 Å². The van der Waals surface area contributed by atoms with Crippen molar-refractivity contribution in [3.63, 3.8) is 0 Å². The predicted molar refractivity (Wildman–Crippen MR) is 47.6 cm³/mol. The van der Waals surface area contributed by atoms with Gasteiger partial charge in [0.2, 0.25) is 0 Å². The van der Waals surface area contributed by atoms with Crippen LogP contribution in [0.2, 0.25) is 0 Å². The molecule has 0 atom stereocenters. The molecule has 1 aromatic rings. The van der Waals surface area contributed by atoms with E-state index < -0.39 is 0 Å². The lowest BCUT2D eigenvalue weighted by molar-refractivity contribution is 1.15. The molecule has 10 heavy (non-hydrogen) atoms. The zero-order valence-corrected chi connectivity index (χ0v) is 7.52. The van der Waals surface area contributed by atoms with Gasteiger partial charge in [0.1, 0.15) is 0 Å². The summed E-state index contributed by atoms with van der Waals surface area (Å²) in [6.07, 6.45) is 1.73. The van der Waals surface area contributed by atoms with E-state index in [1.54, 1.807) is 6.20 Å². The van der Waals surface area contributed by atoms with Crippen LogP contribution in [0.5, 0.6) is 0 Å². The Morgan fingerprint density at radius 3 is 2.20 bits per heavy atom. The van der Waals surface area contributed by atoms with Gasteiger partial charge >= 0.3 is 0 Å². The van der Waals surface area contributed by atoms with E-state index in [1.165, 1.54) is 0 Å². The second kappa shape index (κ2) is 5.30. The predicted octanol–water partition coefficient (Wildman–Crippen LogP) is 2.70. The molecule has 2 heteroatoms. The fraction of sp³-hybridized carbons (Fsp3) is 0.375. The van der Waals surface area contributed by atoms with Crippen molar-refractivity contribution in [1.82, 2.24) is 4.98 Å². The Labute approximate surface area is 67.9 Å². The molecule has 0 saturated heterocycles. The van der Waals surface area contributed by atoms with Crippen molar-refractivity contribution in [3.05, 3.63) is 24.0 Å². The topological polar surface area (TPSA) is 12.9 Å². The van der Waals surface area contributed by atoms with Gasteiger partial charge in [0.05, 0.1) is 0 Å². The van der Waals surface area contributed by atoms with Crippen LogP contribution in [0.1, 0.15) is 19.5 Å². The normalized spacial score (nSPS) is 8.00. The molecule has 1 rings (SSSR count). The van der Waals surface area contributed by atoms with E-state index >= 15 is 0 Å². The molecule has 0 aromatic carbocycles. The molecule has 0 aliphatic carbocycles. The van der Waals surface area contributed by atoms with Crippen LogP contribution in [-0.4, -0.2) is 4.98 Å². The standard InChI is InChI=1S/C6H7NS.C2H6/c1-5-2-3-6(8)4-7-5;1-2/h2-4,8H,1H3;1-2H3. The molecule has 0 bridgehead atoms. The van der Waals surface area contributed by atoms with Gasteiger partial charge in [0, 0.05) is 16.8 Å². The molecule has 0 fully saturated rings. The molecular weight excluding hydrogens is 142 g/mol. The van der Waals surface area contributed by atoms with Gasteiger partial charge in [-0.1, -0.05) is 13.8 Å². The molecule has 1 heterocycles. The molecule has 0 spiro atoms. The summed E-state index contributed by atoms with van der Waals surface area (Å²) in [5.74, 6) is 0. The highest BCUT2D eigenvalue weighted by molar-refractivity contribution is 7.80. The second-order valence-electron chi connectivity index (χ2n) is 1.66. The summed E-state index contributed by atoms with van der Waals surface area (Å²) in [6, 6.07) is 3.85. The maximum atomic E-state index is 4.07. The van der Waals surface area contributed by atoms with Crippen LogP contribution in [0.15, 0.2) is 23.2 Å². The van der Waals surface area contributed by atoms with Crippen LogP contribution >= 0.6 is 12.6 Å². The monoisotopic (exact) mass is 155 g/mol. The highest BCUT2D eigenvalue weighted by Gasteiger charge is 1.81. The Balaban J connectivity index is 0.000000371. The summed E-state index contributed by atoms with van der Waals surface area (Å²) >= 11 is 4.07. The number of nitrogens with zero attached hydrogens (tertiary/aromatic N) is 1. The molecule has 0 aliphatic rings. The Morgan fingerprint density at radius 1 is 1.30 bits per heavy atom. The fourth-order valence-corrected chi connectivity index (χ4v) is 0.592. The molecule has 1 nitrogen and oxygen atoms in total. The van der Waals surface area contributed by atoms with E-state index in [0.717, 1.165) is 10.6 Å². The highest BCUT2D eigenvalue weighted by Crippen LogP contribution is 2.01. The smallest absolute Gasteiger partial charge is 0.0404 e. The van der Waals surface area contributed by atoms with E-state index in [0.29, 0.717) is 0 Å². The van der Waals surface area contributed by atoms with Gasteiger partial charge in [-0.15, -0.1) is 12.6 Å². The molecule has 1 aromatic heterocycles. The van der Waals surface area contributed by atoms with Crippen molar-refractivity contribution in [2.24, 2.45) is 0 Å². The summed E-state index contributed by atoms with van der Waals surface area (Å²) in [5, 5.41) is 0. The van der Waals surface area contributed by atoms with Crippen molar-refractivity contribution in [2.45, 2.75) is 25.7 Å². The number of thiol groups is 1. The summed E-state index contributed by atoms with van der Waals surface area (Å²) in [7, 11) is 0. The van der Waals surface area contributed by atoms with E-state index in [2.05, 4.69) is 17.6 Å². The summed E-state index contributed by atoms with van der Waals surface area (Å²) < 4.78 is 0. The van der Waals surface area contributed by atoms with Gasteiger partial charge in [-0.2, -0.15) is 0 Å². The van der Waals surface area contributed by atoms with Gasteiger partial charge in [0.25, 0.3) is 0 Å². The average molecular weight is 155 g/mol. The van der Waals surface area contributed by atoms with Crippen molar-refractivity contribution >= 4 is 12.6 Å². The van der Waals surface area contributed by atoms with Crippen LogP contribution < -0.4 is 0 Å². The number of rotatable bonds is 0. The summed E-state index contributed by atoms with van der Waals surface area (Å²) in [6.45, 7) is 5.95. The summed E-state index contributed by atoms with van der Waals surface area (Å²) in [4.78, 5) is 4.91. The van der Waals surface area contributed by atoms with Crippen LogP contribution in [0, 0.1) is 6.92 Å². The first-order chi connectivity index (χ1) is 4.79. The van der Waals surface area contributed by atoms with E-state index in [-0.39, 0.29) is 0 Å². The third-order valence-corrected chi connectivity index (χ3v) is 1.16. The molecule has 0 radical (unpaired) electrons. The van der Waals surface area contributed by atoms with Crippen LogP contribution in [0.25, 0.3) is 0 Å². The molecule has 0 saturated carbocycles. The minimum absolute atomic E-state index is 0.913. The zero-order valence-electron chi connectivity index (χ0n) is 6.63. The average Bonchev–Trinajstić information content (AvgIpc) is 2.00. The lowest BCUT2D eigenvalue weighted by Gasteiger charge is -1.88. The second-order valence-corrected chi connectivity index (χ2v) is 2.17. The first-order valence-electron chi connectivity index (χ1n) is 3.40. The van der Waals surface area contributed by atoms with Gasteiger partial charge in [-0.05, 0) is 19.1 Å². The lowest BCUT2D eigenvalue weighted by Crippen LogP contribution is -1.75. The Hall–Kier alpha value is -0.500. The third kappa shape index (κ3) is 3.51. The number of aryl methyl sites for hydroxylation is 1. The van der Waals surface area contributed by atoms with E-state index in [9.17, 15) is 0 Å². The minimum Gasteiger partial charge on any atom is -0.260 e. The number of pyridine rings is 1. The SMILES string of the molecule is CC.Cc1ccc(S)cn1.